The monoisotopic (exact) mass is 367 g/mol. The summed E-state index contributed by atoms with van der Waals surface area (Å²) in [7, 11) is -2.40. The number of nitro benzene ring substituents is 1. The third-order valence-corrected chi connectivity index (χ3v) is 5.80. The van der Waals surface area contributed by atoms with E-state index >= 15 is 0 Å². The van der Waals surface area contributed by atoms with E-state index in [2.05, 4.69) is 4.40 Å². The van der Waals surface area contributed by atoms with Gasteiger partial charge in [-0.05, 0) is 30.3 Å². The zero-order valence-electron chi connectivity index (χ0n) is 12.2. The number of rotatable bonds is 3. The van der Waals surface area contributed by atoms with Gasteiger partial charge in [-0.15, -0.1) is 4.40 Å². The molecular formula is C14H10FN3O4S2. The lowest BCUT2D eigenvalue weighted by Gasteiger charge is -1.98. The first-order valence-electron chi connectivity index (χ1n) is 6.58. The molecule has 1 heterocycles. The lowest BCUT2D eigenvalue weighted by Crippen LogP contribution is -2.13. The smallest absolute Gasteiger partial charge is 0.285 e. The van der Waals surface area contributed by atoms with E-state index in [1.807, 2.05) is 0 Å². The van der Waals surface area contributed by atoms with Crippen LogP contribution < -0.4 is 4.80 Å². The summed E-state index contributed by atoms with van der Waals surface area (Å²) in [4.78, 5) is 10.3. The van der Waals surface area contributed by atoms with Crippen LogP contribution in [0.5, 0.6) is 0 Å². The highest BCUT2D eigenvalue weighted by Gasteiger charge is 2.15. The van der Waals surface area contributed by atoms with E-state index in [1.54, 1.807) is 7.05 Å². The first kappa shape index (κ1) is 16.3. The van der Waals surface area contributed by atoms with Crippen molar-refractivity contribution in [2.24, 2.45) is 11.4 Å². The number of thiazole rings is 1. The molecule has 0 atom stereocenters. The summed E-state index contributed by atoms with van der Waals surface area (Å²) in [5, 5.41) is 10.8. The second kappa shape index (κ2) is 5.80. The van der Waals surface area contributed by atoms with Gasteiger partial charge in [0.1, 0.15) is 5.82 Å². The molecule has 24 heavy (non-hydrogen) atoms. The minimum atomic E-state index is -4.01. The third kappa shape index (κ3) is 2.93. The molecule has 0 aliphatic rings. The molecular weight excluding hydrogens is 357 g/mol. The van der Waals surface area contributed by atoms with E-state index < -0.39 is 20.8 Å². The van der Waals surface area contributed by atoms with Crippen molar-refractivity contribution in [2.45, 2.75) is 4.90 Å². The van der Waals surface area contributed by atoms with Crippen molar-refractivity contribution in [3.05, 3.63) is 63.2 Å². The molecule has 3 rings (SSSR count). The number of sulfonamides is 1. The number of hydrogen-bond acceptors (Lipinski definition) is 5. The van der Waals surface area contributed by atoms with Crippen molar-refractivity contribution in [3.8, 4) is 0 Å². The highest BCUT2D eigenvalue weighted by atomic mass is 32.2. The molecule has 0 saturated heterocycles. The Balaban J connectivity index is 2.17. The second-order valence-corrected chi connectivity index (χ2v) is 7.49. The fraction of sp³-hybridized carbons (Fsp3) is 0.0714. The van der Waals surface area contributed by atoms with E-state index in [9.17, 15) is 22.9 Å². The van der Waals surface area contributed by atoms with Crippen LogP contribution in [0.15, 0.2) is 51.8 Å². The Kier molecular flexibility index (Phi) is 3.93. The van der Waals surface area contributed by atoms with Gasteiger partial charge < -0.3 is 4.57 Å². The van der Waals surface area contributed by atoms with Crippen molar-refractivity contribution < 1.29 is 17.7 Å². The normalized spacial score (nSPS) is 12.7. The first-order valence-corrected chi connectivity index (χ1v) is 8.84. The van der Waals surface area contributed by atoms with Crippen molar-refractivity contribution in [2.75, 3.05) is 0 Å². The van der Waals surface area contributed by atoms with Crippen LogP contribution in [0.25, 0.3) is 10.2 Å². The molecule has 0 radical (unpaired) electrons. The van der Waals surface area contributed by atoms with Gasteiger partial charge in [0.05, 0.1) is 20.0 Å². The Labute approximate surface area is 139 Å². The predicted octanol–water partition coefficient (Wildman–Crippen LogP) is 2.58. The summed E-state index contributed by atoms with van der Waals surface area (Å²) < 4.78 is 43.4. The Bertz CT molecular complexity index is 1120. The Morgan fingerprint density at radius 1 is 1.21 bits per heavy atom. The summed E-state index contributed by atoms with van der Waals surface area (Å²) in [6, 6.07) is 8.58. The number of benzene rings is 2. The molecule has 0 N–H and O–H groups in total. The second-order valence-electron chi connectivity index (χ2n) is 4.87. The van der Waals surface area contributed by atoms with Crippen LogP contribution in [0.1, 0.15) is 0 Å². The number of nitro groups is 1. The van der Waals surface area contributed by atoms with Gasteiger partial charge in [0, 0.05) is 19.2 Å². The maximum atomic E-state index is 12.9. The summed E-state index contributed by atoms with van der Waals surface area (Å²) >= 11 is 1.02. The van der Waals surface area contributed by atoms with Crippen LogP contribution in [0.2, 0.25) is 0 Å². The fourth-order valence-electron chi connectivity index (χ4n) is 2.09. The summed E-state index contributed by atoms with van der Waals surface area (Å²) in [6.07, 6.45) is 0. The van der Waals surface area contributed by atoms with E-state index in [4.69, 9.17) is 0 Å². The molecule has 7 nitrogen and oxygen atoms in total. The number of hydrogen-bond donors (Lipinski definition) is 0. The van der Waals surface area contributed by atoms with Crippen molar-refractivity contribution >= 4 is 37.3 Å². The van der Waals surface area contributed by atoms with Gasteiger partial charge in [-0.25, -0.2) is 4.39 Å². The quantitative estimate of drug-likeness (QED) is 0.525. The van der Waals surface area contributed by atoms with Crippen LogP contribution in [0.3, 0.4) is 0 Å². The molecule has 0 aliphatic carbocycles. The van der Waals surface area contributed by atoms with Crippen LogP contribution in [-0.2, 0) is 17.1 Å². The van der Waals surface area contributed by atoms with Crippen molar-refractivity contribution in [3.63, 3.8) is 0 Å². The molecule has 0 unspecified atom stereocenters. The summed E-state index contributed by atoms with van der Waals surface area (Å²) in [5.74, 6) is -0.548. The van der Waals surface area contributed by atoms with Crippen LogP contribution in [0, 0.1) is 15.9 Å². The molecule has 124 valence electrons. The first-order chi connectivity index (χ1) is 11.3. The molecule has 0 aliphatic heterocycles. The van der Waals surface area contributed by atoms with Crippen molar-refractivity contribution in [1.29, 1.82) is 0 Å². The predicted molar refractivity (Wildman–Crippen MR) is 86.6 cm³/mol. The minimum absolute atomic E-state index is 0.0858. The van der Waals surface area contributed by atoms with Gasteiger partial charge in [0.15, 0.2) is 0 Å². The molecule has 0 amide bonds. The van der Waals surface area contributed by atoms with Crippen LogP contribution in [0.4, 0.5) is 10.1 Å². The molecule has 10 heteroatoms. The largest absolute Gasteiger partial charge is 0.319 e. The molecule has 0 bridgehead atoms. The van der Waals surface area contributed by atoms with E-state index in [0.29, 0.717) is 10.2 Å². The Hall–Kier alpha value is -2.59. The lowest BCUT2D eigenvalue weighted by molar-refractivity contribution is -0.384. The standard InChI is InChI=1S/C14H10FN3O4S2/c1-17-12-7-4-10(18(19)20)8-13(12)23-14(17)16-24(21,22)11-5-2-9(15)3-6-11/h2-8H,1H3. The third-order valence-electron chi connectivity index (χ3n) is 3.31. The lowest BCUT2D eigenvalue weighted by atomic mass is 10.3. The van der Waals surface area contributed by atoms with Gasteiger partial charge in [-0.2, -0.15) is 8.42 Å². The van der Waals surface area contributed by atoms with Gasteiger partial charge in [0.25, 0.3) is 15.7 Å². The molecule has 3 aromatic rings. The van der Waals surface area contributed by atoms with E-state index in [-0.39, 0.29) is 15.4 Å². The number of non-ortho nitro benzene ring substituents is 1. The topological polar surface area (TPSA) is 94.6 Å². The van der Waals surface area contributed by atoms with E-state index in [0.717, 1.165) is 35.6 Å². The van der Waals surface area contributed by atoms with Gasteiger partial charge >= 0.3 is 0 Å². The minimum Gasteiger partial charge on any atom is -0.319 e. The molecule has 2 aromatic carbocycles. The maximum Gasteiger partial charge on any atom is 0.285 e. The average Bonchev–Trinajstić information content (AvgIpc) is 2.82. The maximum absolute atomic E-state index is 12.9. The number of nitrogens with zero attached hydrogens (tertiary/aromatic N) is 3. The highest BCUT2D eigenvalue weighted by molar-refractivity contribution is 7.90. The SMILES string of the molecule is Cn1c(=NS(=O)(=O)c2ccc(F)cc2)sc2cc([N+](=O)[O-])ccc21. The number of aromatic nitrogens is 1. The number of aryl methyl sites for hydroxylation is 1. The highest BCUT2D eigenvalue weighted by Crippen LogP contribution is 2.23. The molecule has 1 aromatic heterocycles. The zero-order valence-corrected chi connectivity index (χ0v) is 13.8. The zero-order chi connectivity index (χ0) is 17.5. The molecule has 0 spiro atoms. The van der Waals surface area contributed by atoms with Gasteiger partial charge in [-0.1, -0.05) is 11.3 Å². The fourth-order valence-corrected chi connectivity index (χ4v) is 4.37. The van der Waals surface area contributed by atoms with Crippen LogP contribution in [-0.4, -0.2) is 17.9 Å². The van der Waals surface area contributed by atoms with Crippen molar-refractivity contribution in [1.82, 2.24) is 4.57 Å². The number of fused-ring (bicyclic) bond motifs is 1. The van der Waals surface area contributed by atoms with E-state index in [1.165, 1.54) is 22.8 Å². The Morgan fingerprint density at radius 3 is 2.50 bits per heavy atom. The summed E-state index contributed by atoms with van der Waals surface area (Å²) in [5.41, 5.74) is 0.538. The molecule has 0 fully saturated rings. The molecule has 0 saturated carbocycles. The average molecular weight is 367 g/mol. The van der Waals surface area contributed by atoms with Crippen LogP contribution >= 0.6 is 11.3 Å². The Morgan fingerprint density at radius 2 is 1.88 bits per heavy atom. The van der Waals surface area contributed by atoms with Gasteiger partial charge in [-0.3, -0.25) is 10.1 Å². The number of halogens is 1. The summed E-state index contributed by atoms with van der Waals surface area (Å²) in [6.45, 7) is 0. The van der Waals surface area contributed by atoms with Gasteiger partial charge in [0.2, 0.25) is 4.80 Å².